The third kappa shape index (κ3) is 4.78. The summed E-state index contributed by atoms with van der Waals surface area (Å²) < 4.78 is 0. The number of carbonyl (C=O) groups excluding carboxylic acids is 1. The van der Waals surface area contributed by atoms with E-state index in [0.717, 1.165) is 62.2 Å². The van der Waals surface area contributed by atoms with Crippen molar-refractivity contribution in [3.63, 3.8) is 0 Å². The maximum atomic E-state index is 12.6. The lowest BCUT2D eigenvalue weighted by molar-refractivity contribution is -0.126. The first-order chi connectivity index (χ1) is 13.8. The molecule has 0 spiro atoms. The van der Waals surface area contributed by atoms with Gasteiger partial charge in [0.15, 0.2) is 0 Å². The van der Waals surface area contributed by atoms with Crippen molar-refractivity contribution < 1.29 is 4.79 Å². The van der Waals surface area contributed by atoms with Crippen molar-refractivity contribution in [2.75, 3.05) is 19.6 Å². The number of carbonyl (C=O) groups is 1. The Morgan fingerprint density at radius 1 is 1.14 bits per heavy atom. The van der Waals surface area contributed by atoms with Gasteiger partial charge in [0.05, 0.1) is 17.0 Å². The smallest absolute Gasteiger partial charge is 0.224 e. The molecule has 1 aliphatic heterocycles. The van der Waals surface area contributed by atoms with Crippen LogP contribution in [-0.4, -0.2) is 40.4 Å². The second kappa shape index (κ2) is 9.02. The van der Waals surface area contributed by atoms with E-state index >= 15 is 0 Å². The Labute approximate surface area is 166 Å². The molecule has 1 aromatic heterocycles. The molecule has 5 nitrogen and oxygen atoms in total. The molecule has 1 unspecified atom stereocenters. The predicted molar refractivity (Wildman–Crippen MR) is 112 cm³/mol. The van der Waals surface area contributed by atoms with Crippen molar-refractivity contribution in [3.05, 3.63) is 66.0 Å². The molecule has 0 bridgehead atoms. The number of benzene rings is 2. The van der Waals surface area contributed by atoms with Crippen molar-refractivity contribution in [2.45, 2.75) is 32.2 Å². The van der Waals surface area contributed by atoms with E-state index in [4.69, 9.17) is 0 Å². The molecule has 0 saturated carbocycles. The normalized spacial score (nSPS) is 17.6. The van der Waals surface area contributed by atoms with E-state index in [9.17, 15) is 4.79 Å². The van der Waals surface area contributed by atoms with E-state index in [1.165, 1.54) is 5.56 Å². The molecule has 0 aliphatic carbocycles. The van der Waals surface area contributed by atoms with Crippen molar-refractivity contribution in [1.29, 1.82) is 0 Å². The number of likely N-dealkylation sites (tertiary alicyclic amines) is 1. The Morgan fingerprint density at radius 2 is 1.96 bits per heavy atom. The summed E-state index contributed by atoms with van der Waals surface area (Å²) in [5.41, 5.74) is 3.39. The summed E-state index contributed by atoms with van der Waals surface area (Å²) >= 11 is 0. The van der Waals surface area contributed by atoms with E-state index in [-0.39, 0.29) is 11.8 Å². The maximum Gasteiger partial charge on any atom is 0.224 e. The lowest BCUT2D eigenvalue weighted by atomic mass is 9.96. The molecular weight excluding hydrogens is 348 g/mol. The minimum atomic E-state index is 0.101. The van der Waals surface area contributed by atoms with Gasteiger partial charge in [-0.3, -0.25) is 9.69 Å². The van der Waals surface area contributed by atoms with Crippen molar-refractivity contribution in [2.24, 2.45) is 5.92 Å². The van der Waals surface area contributed by atoms with Gasteiger partial charge in [-0.1, -0.05) is 42.5 Å². The summed E-state index contributed by atoms with van der Waals surface area (Å²) in [7, 11) is 0. The fourth-order valence-corrected chi connectivity index (χ4v) is 3.99. The molecule has 1 amide bonds. The fraction of sp³-hybridized carbons (Fsp3) is 0.391. The topological polar surface area (TPSA) is 61.0 Å². The molecule has 2 heterocycles. The number of rotatable bonds is 7. The standard InChI is InChI=1S/C23H28N4O/c28-23(19-10-7-15-27(17-19)16-18-8-2-1-3-9-18)24-14-6-13-22-25-20-11-4-5-12-21(20)26-22/h1-5,8-9,11-12,19H,6-7,10,13-17H2,(H,24,28)(H,25,26). The molecular formula is C23H28N4O. The van der Waals surface area contributed by atoms with E-state index in [0.29, 0.717) is 6.54 Å². The zero-order valence-electron chi connectivity index (χ0n) is 16.2. The summed E-state index contributed by atoms with van der Waals surface area (Å²) in [4.78, 5) is 22.9. The Kier molecular flexibility index (Phi) is 6.02. The number of nitrogens with zero attached hydrogens (tertiary/aromatic N) is 2. The van der Waals surface area contributed by atoms with Gasteiger partial charge < -0.3 is 10.3 Å². The van der Waals surface area contributed by atoms with Crippen LogP contribution in [0.15, 0.2) is 54.6 Å². The van der Waals surface area contributed by atoms with Gasteiger partial charge in [0, 0.05) is 26.1 Å². The molecule has 2 aromatic carbocycles. The quantitative estimate of drug-likeness (QED) is 0.620. The highest BCUT2D eigenvalue weighted by Gasteiger charge is 2.25. The van der Waals surface area contributed by atoms with Crippen LogP contribution < -0.4 is 5.32 Å². The molecule has 0 radical (unpaired) electrons. The molecule has 1 saturated heterocycles. The molecule has 2 N–H and O–H groups in total. The van der Waals surface area contributed by atoms with E-state index < -0.39 is 0 Å². The highest BCUT2D eigenvalue weighted by atomic mass is 16.1. The van der Waals surface area contributed by atoms with Gasteiger partial charge in [-0.05, 0) is 43.5 Å². The average molecular weight is 377 g/mol. The van der Waals surface area contributed by atoms with Crippen LogP contribution in [0.2, 0.25) is 0 Å². The third-order valence-corrected chi connectivity index (χ3v) is 5.45. The molecule has 1 fully saturated rings. The summed E-state index contributed by atoms with van der Waals surface area (Å²) in [6.45, 7) is 3.55. The Bertz CT molecular complexity index is 872. The summed E-state index contributed by atoms with van der Waals surface area (Å²) in [6, 6.07) is 18.6. The van der Waals surface area contributed by atoms with Crippen LogP contribution in [0.3, 0.4) is 0 Å². The molecule has 4 rings (SSSR count). The number of aryl methyl sites for hydroxylation is 1. The van der Waals surface area contributed by atoms with Crippen LogP contribution in [0.25, 0.3) is 11.0 Å². The number of para-hydroxylation sites is 2. The Morgan fingerprint density at radius 3 is 2.82 bits per heavy atom. The Hall–Kier alpha value is -2.66. The largest absolute Gasteiger partial charge is 0.356 e. The van der Waals surface area contributed by atoms with Crippen molar-refractivity contribution in [1.82, 2.24) is 20.2 Å². The minimum Gasteiger partial charge on any atom is -0.356 e. The highest BCUT2D eigenvalue weighted by Crippen LogP contribution is 2.19. The number of fused-ring (bicyclic) bond motifs is 1. The zero-order valence-corrected chi connectivity index (χ0v) is 16.2. The lowest BCUT2D eigenvalue weighted by Gasteiger charge is -2.32. The third-order valence-electron chi connectivity index (χ3n) is 5.45. The number of hydrogen-bond acceptors (Lipinski definition) is 3. The first-order valence-corrected chi connectivity index (χ1v) is 10.3. The number of amides is 1. The number of aromatic amines is 1. The van der Waals surface area contributed by atoms with Gasteiger partial charge in [0.25, 0.3) is 0 Å². The van der Waals surface area contributed by atoms with Crippen LogP contribution in [0.1, 0.15) is 30.7 Å². The predicted octanol–water partition coefficient (Wildman–Crippen LogP) is 3.52. The number of aromatic nitrogens is 2. The number of imidazole rings is 1. The zero-order chi connectivity index (χ0) is 19.2. The van der Waals surface area contributed by atoms with E-state index in [2.05, 4.69) is 44.5 Å². The molecule has 3 aromatic rings. The summed E-state index contributed by atoms with van der Waals surface area (Å²) in [5, 5.41) is 3.13. The number of H-pyrrole nitrogens is 1. The fourth-order valence-electron chi connectivity index (χ4n) is 3.99. The van der Waals surface area contributed by atoms with Crippen LogP contribution in [0.4, 0.5) is 0 Å². The van der Waals surface area contributed by atoms with E-state index in [1.807, 2.05) is 30.3 Å². The highest BCUT2D eigenvalue weighted by molar-refractivity contribution is 5.79. The maximum absolute atomic E-state index is 12.6. The average Bonchev–Trinajstić information content (AvgIpc) is 3.15. The second-order valence-electron chi connectivity index (χ2n) is 7.66. The van der Waals surface area contributed by atoms with Gasteiger partial charge in [0.2, 0.25) is 5.91 Å². The molecule has 1 atom stereocenters. The van der Waals surface area contributed by atoms with Crippen LogP contribution >= 0.6 is 0 Å². The van der Waals surface area contributed by atoms with Crippen LogP contribution in [0, 0.1) is 5.92 Å². The lowest BCUT2D eigenvalue weighted by Crippen LogP contribution is -2.42. The van der Waals surface area contributed by atoms with Gasteiger partial charge in [-0.25, -0.2) is 4.98 Å². The molecule has 5 heteroatoms. The summed E-state index contributed by atoms with van der Waals surface area (Å²) in [6.07, 6.45) is 3.82. The number of nitrogens with one attached hydrogen (secondary N) is 2. The molecule has 28 heavy (non-hydrogen) atoms. The summed E-state index contributed by atoms with van der Waals surface area (Å²) in [5.74, 6) is 1.29. The Balaban J connectivity index is 1.21. The van der Waals surface area contributed by atoms with Gasteiger partial charge in [-0.15, -0.1) is 0 Å². The second-order valence-corrected chi connectivity index (χ2v) is 7.66. The van der Waals surface area contributed by atoms with Gasteiger partial charge in [0.1, 0.15) is 5.82 Å². The molecule has 146 valence electrons. The SMILES string of the molecule is O=C(NCCCc1nc2ccccc2[nH]1)C1CCCN(Cc2ccccc2)C1. The van der Waals surface area contributed by atoms with Gasteiger partial charge in [-0.2, -0.15) is 0 Å². The molecule has 1 aliphatic rings. The van der Waals surface area contributed by atoms with Gasteiger partial charge >= 0.3 is 0 Å². The van der Waals surface area contributed by atoms with Crippen LogP contribution in [-0.2, 0) is 17.8 Å². The first-order valence-electron chi connectivity index (χ1n) is 10.3. The number of hydrogen-bond donors (Lipinski definition) is 2. The van der Waals surface area contributed by atoms with E-state index in [1.54, 1.807) is 0 Å². The number of piperidine rings is 1. The van der Waals surface area contributed by atoms with Crippen molar-refractivity contribution in [3.8, 4) is 0 Å². The monoisotopic (exact) mass is 376 g/mol. The first kappa shape index (κ1) is 18.7. The minimum absolute atomic E-state index is 0.101. The van der Waals surface area contributed by atoms with Crippen LogP contribution in [0.5, 0.6) is 0 Å². The van der Waals surface area contributed by atoms with Crippen molar-refractivity contribution >= 4 is 16.9 Å².